The van der Waals surface area contributed by atoms with E-state index in [-0.39, 0.29) is 11.7 Å². The van der Waals surface area contributed by atoms with Gasteiger partial charge in [0.2, 0.25) is 0 Å². The van der Waals surface area contributed by atoms with Crippen molar-refractivity contribution in [3.8, 4) is 0 Å². The van der Waals surface area contributed by atoms with Crippen LogP contribution in [0.1, 0.15) is 19.3 Å². The molecule has 6 nitrogen and oxygen atoms in total. The van der Waals surface area contributed by atoms with E-state index in [4.69, 9.17) is 0 Å². The Hall–Kier alpha value is -1.73. The van der Waals surface area contributed by atoms with Gasteiger partial charge in [-0.15, -0.1) is 0 Å². The lowest BCUT2D eigenvalue weighted by molar-refractivity contribution is -0.385. The van der Waals surface area contributed by atoms with Crippen LogP contribution >= 0.6 is 0 Å². The molecule has 1 aromatic carbocycles. The molecule has 24 heavy (non-hydrogen) atoms. The van der Waals surface area contributed by atoms with Crippen molar-refractivity contribution in [2.45, 2.75) is 31.3 Å². The fourth-order valence-corrected chi connectivity index (χ4v) is 3.87. The first kappa shape index (κ1) is 17.1. The molecule has 0 N–H and O–H groups in total. The van der Waals surface area contributed by atoms with Gasteiger partial charge in [0.25, 0.3) is 5.69 Å². The minimum atomic E-state index is -0.565. The highest BCUT2D eigenvalue weighted by molar-refractivity contribution is 5.52. The maximum atomic E-state index is 14.2. The summed E-state index contributed by atoms with van der Waals surface area (Å²) in [4.78, 5) is 17.0. The Morgan fingerprint density at radius 2 is 1.96 bits per heavy atom. The molecule has 1 atom stereocenters. The van der Waals surface area contributed by atoms with Gasteiger partial charge in [0.1, 0.15) is 0 Å². The van der Waals surface area contributed by atoms with Crippen LogP contribution in [0.25, 0.3) is 0 Å². The maximum absolute atomic E-state index is 14.2. The van der Waals surface area contributed by atoms with Crippen LogP contribution in [0.5, 0.6) is 0 Å². The van der Waals surface area contributed by atoms with Gasteiger partial charge in [-0.2, -0.15) is 0 Å². The number of hydrogen-bond acceptors (Lipinski definition) is 5. The van der Waals surface area contributed by atoms with Gasteiger partial charge in [-0.1, -0.05) is 0 Å². The number of likely N-dealkylation sites (N-methyl/N-ethyl adjacent to an activating group) is 1. The smallest absolute Gasteiger partial charge is 0.272 e. The number of nitro groups is 1. The highest BCUT2D eigenvalue weighted by Gasteiger charge is 2.32. The summed E-state index contributed by atoms with van der Waals surface area (Å²) in [5.74, 6) is -0.524. The van der Waals surface area contributed by atoms with Gasteiger partial charge in [0.15, 0.2) is 5.82 Å². The third-order valence-electron chi connectivity index (χ3n) is 5.47. The van der Waals surface area contributed by atoms with Gasteiger partial charge >= 0.3 is 0 Å². The number of halogens is 1. The quantitative estimate of drug-likeness (QED) is 0.624. The van der Waals surface area contributed by atoms with Crippen LogP contribution in [0, 0.1) is 15.9 Å². The Morgan fingerprint density at radius 3 is 2.58 bits per heavy atom. The summed E-state index contributed by atoms with van der Waals surface area (Å²) in [7, 11) is 4.04. The van der Waals surface area contributed by atoms with Crippen LogP contribution in [0.15, 0.2) is 18.2 Å². The highest BCUT2D eigenvalue weighted by atomic mass is 19.1. The van der Waals surface area contributed by atoms with Crippen molar-refractivity contribution in [2.75, 3.05) is 45.2 Å². The van der Waals surface area contributed by atoms with Crippen molar-refractivity contribution >= 4 is 11.4 Å². The molecule has 7 heteroatoms. The fraction of sp³-hybridized carbons (Fsp3) is 0.647. The lowest BCUT2D eigenvalue weighted by Gasteiger charge is -2.35. The first-order chi connectivity index (χ1) is 11.5. The van der Waals surface area contributed by atoms with Crippen LogP contribution in [-0.4, -0.2) is 67.1 Å². The molecule has 0 aliphatic carbocycles. The normalized spacial score (nSPS) is 23.5. The molecule has 1 unspecified atom stereocenters. The van der Waals surface area contributed by atoms with Crippen molar-refractivity contribution in [3.05, 3.63) is 34.1 Å². The molecule has 1 aromatic rings. The average Bonchev–Trinajstić information content (AvgIpc) is 3.04. The Bertz CT molecular complexity index is 604. The van der Waals surface area contributed by atoms with E-state index in [1.165, 1.54) is 25.0 Å². The SMILES string of the molecule is CN1CCC(N2CCC(N(C)c3ccc([N+](=O)[O-])cc3F)C2)CC1. The monoisotopic (exact) mass is 336 g/mol. The van der Waals surface area contributed by atoms with Crippen molar-refractivity contribution in [1.29, 1.82) is 0 Å². The van der Waals surface area contributed by atoms with E-state index in [1.54, 1.807) is 0 Å². The molecule has 0 aromatic heterocycles. The first-order valence-corrected chi connectivity index (χ1v) is 8.55. The van der Waals surface area contributed by atoms with Crippen LogP contribution < -0.4 is 4.90 Å². The molecule has 2 aliphatic rings. The summed E-state index contributed by atoms with van der Waals surface area (Å²) in [5.41, 5.74) is 0.236. The van der Waals surface area contributed by atoms with E-state index in [9.17, 15) is 14.5 Å². The average molecular weight is 336 g/mol. The van der Waals surface area contributed by atoms with E-state index in [1.807, 2.05) is 11.9 Å². The Kier molecular flexibility index (Phi) is 5.01. The van der Waals surface area contributed by atoms with E-state index in [2.05, 4.69) is 16.8 Å². The number of benzene rings is 1. The predicted octanol–water partition coefficient (Wildman–Crippen LogP) is 2.34. The Labute approximate surface area is 142 Å². The third kappa shape index (κ3) is 3.52. The number of hydrogen-bond donors (Lipinski definition) is 0. The lowest BCUT2D eigenvalue weighted by atomic mass is 10.0. The predicted molar refractivity (Wildman–Crippen MR) is 92.0 cm³/mol. The van der Waals surface area contributed by atoms with Crippen molar-refractivity contribution in [2.24, 2.45) is 0 Å². The van der Waals surface area contributed by atoms with Gasteiger partial charge in [0, 0.05) is 38.3 Å². The molecule has 2 heterocycles. The molecular weight excluding hydrogens is 311 g/mol. The fourth-order valence-electron chi connectivity index (χ4n) is 3.87. The number of rotatable bonds is 4. The van der Waals surface area contributed by atoms with Crippen LogP contribution in [0.3, 0.4) is 0 Å². The molecule has 0 amide bonds. The van der Waals surface area contributed by atoms with Gasteiger partial charge in [-0.3, -0.25) is 15.0 Å². The molecule has 3 rings (SSSR count). The highest BCUT2D eigenvalue weighted by Crippen LogP contribution is 2.29. The maximum Gasteiger partial charge on any atom is 0.272 e. The molecule has 2 saturated heterocycles. The number of nitrogens with zero attached hydrogens (tertiary/aromatic N) is 4. The van der Waals surface area contributed by atoms with Gasteiger partial charge < -0.3 is 9.80 Å². The molecule has 0 radical (unpaired) electrons. The molecule has 2 fully saturated rings. The zero-order chi connectivity index (χ0) is 17.3. The number of piperidine rings is 1. The van der Waals surface area contributed by atoms with Crippen LogP contribution in [0.4, 0.5) is 15.8 Å². The topological polar surface area (TPSA) is 52.9 Å². The number of anilines is 1. The van der Waals surface area contributed by atoms with E-state index < -0.39 is 10.7 Å². The molecule has 0 spiro atoms. The standard InChI is InChI=1S/C17H25FN4O2/c1-19-8-5-13(6-9-19)21-10-7-15(12-21)20(2)17-4-3-14(22(23)24)11-16(17)18/h3-4,11,13,15H,5-10,12H2,1-2H3. The second-order valence-electron chi connectivity index (χ2n) is 6.98. The molecular formula is C17H25FN4O2. The second kappa shape index (κ2) is 7.03. The summed E-state index contributed by atoms with van der Waals surface area (Å²) in [6, 6.07) is 4.78. The Balaban J connectivity index is 1.64. The number of non-ortho nitro benzene ring substituents is 1. The zero-order valence-electron chi connectivity index (χ0n) is 14.3. The van der Waals surface area contributed by atoms with Crippen LogP contribution in [-0.2, 0) is 0 Å². The van der Waals surface area contributed by atoms with Crippen molar-refractivity contribution in [3.63, 3.8) is 0 Å². The van der Waals surface area contributed by atoms with Crippen LogP contribution in [0.2, 0.25) is 0 Å². The van der Waals surface area contributed by atoms with Gasteiger partial charge in [0.05, 0.1) is 16.7 Å². The van der Waals surface area contributed by atoms with E-state index in [0.717, 1.165) is 38.7 Å². The minimum absolute atomic E-state index is 0.205. The largest absolute Gasteiger partial charge is 0.368 e. The Morgan fingerprint density at radius 1 is 1.25 bits per heavy atom. The van der Waals surface area contributed by atoms with Gasteiger partial charge in [-0.25, -0.2) is 4.39 Å². The van der Waals surface area contributed by atoms with Crippen molar-refractivity contribution in [1.82, 2.24) is 9.80 Å². The summed E-state index contributed by atoms with van der Waals surface area (Å²) in [6.07, 6.45) is 3.39. The lowest BCUT2D eigenvalue weighted by Crippen LogP contribution is -2.44. The summed E-state index contributed by atoms with van der Waals surface area (Å²) >= 11 is 0. The number of nitro benzene ring substituents is 1. The minimum Gasteiger partial charge on any atom is -0.368 e. The summed E-state index contributed by atoms with van der Waals surface area (Å²) in [5, 5.41) is 10.7. The molecule has 0 saturated carbocycles. The van der Waals surface area contributed by atoms with E-state index in [0.29, 0.717) is 11.7 Å². The van der Waals surface area contributed by atoms with Gasteiger partial charge in [-0.05, 0) is 45.5 Å². The molecule has 2 aliphatic heterocycles. The molecule has 0 bridgehead atoms. The number of likely N-dealkylation sites (tertiary alicyclic amines) is 2. The second-order valence-corrected chi connectivity index (χ2v) is 6.98. The zero-order valence-corrected chi connectivity index (χ0v) is 14.3. The third-order valence-corrected chi connectivity index (χ3v) is 5.47. The summed E-state index contributed by atoms with van der Waals surface area (Å²) < 4.78 is 14.2. The van der Waals surface area contributed by atoms with Crippen molar-refractivity contribution < 1.29 is 9.31 Å². The van der Waals surface area contributed by atoms with E-state index >= 15 is 0 Å². The molecule has 132 valence electrons. The summed E-state index contributed by atoms with van der Waals surface area (Å²) in [6.45, 7) is 4.25. The first-order valence-electron chi connectivity index (χ1n) is 8.55.